The molecule has 0 aromatic carbocycles. The zero-order chi connectivity index (χ0) is 6.62. The first-order valence-corrected chi connectivity index (χ1v) is 3.54. The second-order valence-electron chi connectivity index (χ2n) is 1.25. The molecular weight excluding hydrogens is 259 g/mol. The summed E-state index contributed by atoms with van der Waals surface area (Å²) in [6.45, 7) is 1.78. The van der Waals surface area contributed by atoms with Crippen LogP contribution in [0.15, 0.2) is 0 Å². The van der Waals surface area contributed by atoms with Crippen molar-refractivity contribution in [1.29, 1.82) is 0 Å². The summed E-state index contributed by atoms with van der Waals surface area (Å²) in [4.78, 5) is 0. The monoisotopic (exact) mass is 268 g/mol. The molecule has 0 aliphatic rings. The van der Waals surface area contributed by atoms with Crippen LogP contribution < -0.4 is 0 Å². The predicted molar refractivity (Wildman–Crippen MR) is 43.2 cm³/mol. The summed E-state index contributed by atoms with van der Waals surface area (Å²) < 4.78 is 31.3. The van der Waals surface area contributed by atoms with Crippen LogP contribution >= 0.6 is 24.0 Å². The summed E-state index contributed by atoms with van der Waals surface area (Å²) in [6.07, 6.45) is 0.569. The minimum Gasteiger partial charge on any atom is -0.264 e. The van der Waals surface area contributed by atoms with Crippen LogP contribution in [-0.2, 0) is 14.6 Å². The van der Waals surface area contributed by atoms with Gasteiger partial charge in [-0.1, -0.05) is 6.92 Å². The van der Waals surface area contributed by atoms with Crippen molar-refractivity contribution in [2.45, 2.75) is 13.3 Å². The molecule has 0 aromatic rings. The molecule has 0 aromatic heterocycles. The Hall–Kier alpha value is 0.600. The molecule has 4 nitrogen and oxygen atoms in total. The molecule has 0 spiro atoms. The molecule has 0 saturated heterocycles. The van der Waals surface area contributed by atoms with Gasteiger partial charge in [-0.15, -0.1) is 24.0 Å². The third kappa shape index (κ3) is 11.9. The van der Waals surface area contributed by atoms with Crippen molar-refractivity contribution in [2.24, 2.45) is 0 Å². The van der Waals surface area contributed by atoms with Crippen LogP contribution in [0.1, 0.15) is 13.3 Å². The maximum atomic E-state index is 9.72. The molecule has 0 aliphatic carbocycles. The summed E-state index contributed by atoms with van der Waals surface area (Å²) in [5, 5.41) is 0. The average Bonchev–Trinajstić information content (AvgIpc) is 1.59. The van der Waals surface area contributed by atoms with Crippen LogP contribution in [0.2, 0.25) is 0 Å². The van der Waals surface area contributed by atoms with Crippen molar-refractivity contribution in [2.75, 3.05) is 6.61 Å². The fourth-order valence-corrected chi connectivity index (χ4v) is 0.566. The Balaban J connectivity index is 0. The van der Waals surface area contributed by atoms with Gasteiger partial charge < -0.3 is 0 Å². The Kier molecular flexibility index (Phi) is 7.36. The van der Waals surface area contributed by atoms with E-state index in [2.05, 4.69) is 4.18 Å². The number of hydrogen-bond donors (Lipinski definition) is 1. The van der Waals surface area contributed by atoms with E-state index in [1.165, 1.54) is 0 Å². The van der Waals surface area contributed by atoms with Crippen LogP contribution in [0, 0.1) is 0 Å². The van der Waals surface area contributed by atoms with Crippen molar-refractivity contribution in [3.63, 3.8) is 0 Å². The average molecular weight is 268 g/mol. The Morgan fingerprint density at radius 2 is 2.00 bits per heavy atom. The third-order valence-electron chi connectivity index (χ3n) is 0.436. The molecule has 6 heteroatoms. The fourth-order valence-electron chi connectivity index (χ4n) is 0.189. The lowest BCUT2D eigenvalue weighted by Gasteiger charge is -1.92. The van der Waals surface area contributed by atoms with Gasteiger partial charge in [-0.25, -0.2) is 4.18 Å². The van der Waals surface area contributed by atoms with Crippen LogP contribution in [0.4, 0.5) is 0 Å². The van der Waals surface area contributed by atoms with E-state index in [-0.39, 0.29) is 30.6 Å². The minimum atomic E-state index is -4.19. The molecule has 0 heterocycles. The number of rotatable bonds is 3. The lowest BCUT2D eigenvalue weighted by Crippen LogP contribution is -2.03. The van der Waals surface area contributed by atoms with E-state index in [1.54, 1.807) is 6.92 Å². The molecule has 9 heavy (non-hydrogen) atoms. The molecular formula is C3H9IO4S. The normalized spacial score (nSPS) is 10.4. The van der Waals surface area contributed by atoms with E-state index in [0.717, 1.165) is 0 Å². The van der Waals surface area contributed by atoms with Crippen molar-refractivity contribution in [1.82, 2.24) is 0 Å². The van der Waals surface area contributed by atoms with Gasteiger partial charge in [0.1, 0.15) is 0 Å². The lowest BCUT2D eigenvalue weighted by molar-refractivity contribution is 0.269. The highest BCUT2D eigenvalue weighted by molar-refractivity contribution is 14.0. The van der Waals surface area contributed by atoms with Gasteiger partial charge in [-0.3, -0.25) is 4.55 Å². The minimum absolute atomic E-state index is 0. The van der Waals surface area contributed by atoms with Gasteiger partial charge >= 0.3 is 10.4 Å². The maximum Gasteiger partial charge on any atom is 0.397 e. The first-order chi connectivity index (χ1) is 3.56. The summed E-state index contributed by atoms with van der Waals surface area (Å²) in [5.74, 6) is 0. The standard InChI is InChI=1S/C3H8O4S.HI/c1-2-3-7-8(4,5)6;/h2-3H2,1H3,(H,4,5,6);1H. The topological polar surface area (TPSA) is 63.6 Å². The zero-order valence-electron chi connectivity index (χ0n) is 4.90. The highest BCUT2D eigenvalue weighted by Crippen LogP contribution is 1.86. The van der Waals surface area contributed by atoms with Gasteiger partial charge in [0.25, 0.3) is 0 Å². The molecule has 0 radical (unpaired) electrons. The Morgan fingerprint density at radius 3 is 2.11 bits per heavy atom. The summed E-state index contributed by atoms with van der Waals surface area (Å²) in [7, 11) is -4.19. The number of halogens is 1. The van der Waals surface area contributed by atoms with Crippen molar-refractivity contribution in [3.05, 3.63) is 0 Å². The van der Waals surface area contributed by atoms with Gasteiger partial charge in [-0.2, -0.15) is 8.42 Å². The highest BCUT2D eigenvalue weighted by Gasteiger charge is 1.99. The molecule has 0 bridgehead atoms. The van der Waals surface area contributed by atoms with Gasteiger partial charge in [0.15, 0.2) is 0 Å². The molecule has 0 amide bonds. The van der Waals surface area contributed by atoms with Gasteiger partial charge in [0, 0.05) is 0 Å². The zero-order valence-corrected chi connectivity index (χ0v) is 8.05. The SMILES string of the molecule is CCCOS(=O)(=O)O.I. The second kappa shape index (κ2) is 5.39. The molecule has 0 unspecified atom stereocenters. The molecule has 1 N–H and O–H groups in total. The first-order valence-electron chi connectivity index (χ1n) is 2.18. The Labute approximate surface area is 71.6 Å². The van der Waals surface area contributed by atoms with E-state index in [9.17, 15) is 8.42 Å². The Morgan fingerprint density at radius 1 is 1.56 bits per heavy atom. The van der Waals surface area contributed by atoms with E-state index in [1.807, 2.05) is 0 Å². The lowest BCUT2D eigenvalue weighted by atomic mass is 10.5. The van der Waals surface area contributed by atoms with Crippen molar-refractivity contribution < 1.29 is 17.2 Å². The molecule has 0 fully saturated rings. The van der Waals surface area contributed by atoms with E-state index in [0.29, 0.717) is 6.42 Å². The van der Waals surface area contributed by atoms with Gasteiger partial charge in [0.05, 0.1) is 6.61 Å². The predicted octanol–water partition coefficient (Wildman–Crippen LogP) is 0.834. The van der Waals surface area contributed by atoms with Gasteiger partial charge in [0.2, 0.25) is 0 Å². The van der Waals surface area contributed by atoms with Crippen molar-refractivity contribution in [3.8, 4) is 0 Å². The number of hydrogen-bond acceptors (Lipinski definition) is 3. The second-order valence-corrected chi connectivity index (χ2v) is 2.34. The first kappa shape index (κ1) is 12.3. The molecule has 0 atom stereocenters. The van der Waals surface area contributed by atoms with Crippen molar-refractivity contribution >= 4 is 34.4 Å². The van der Waals surface area contributed by atoms with Gasteiger partial charge in [-0.05, 0) is 6.42 Å². The summed E-state index contributed by atoms with van der Waals surface area (Å²) >= 11 is 0. The highest BCUT2D eigenvalue weighted by atomic mass is 127. The van der Waals surface area contributed by atoms with Crippen LogP contribution in [0.5, 0.6) is 0 Å². The molecule has 58 valence electrons. The van der Waals surface area contributed by atoms with Crippen LogP contribution in [0.25, 0.3) is 0 Å². The third-order valence-corrected chi connectivity index (χ3v) is 0.901. The smallest absolute Gasteiger partial charge is 0.264 e. The Bertz CT molecular complexity index is 140. The summed E-state index contributed by atoms with van der Waals surface area (Å²) in [6, 6.07) is 0. The summed E-state index contributed by atoms with van der Waals surface area (Å²) in [5.41, 5.74) is 0. The molecule has 0 saturated carbocycles. The fraction of sp³-hybridized carbons (Fsp3) is 1.00. The van der Waals surface area contributed by atoms with Crippen LogP contribution in [0.3, 0.4) is 0 Å². The van der Waals surface area contributed by atoms with E-state index >= 15 is 0 Å². The van der Waals surface area contributed by atoms with E-state index < -0.39 is 10.4 Å². The van der Waals surface area contributed by atoms with E-state index in [4.69, 9.17) is 4.55 Å². The molecule has 0 aliphatic heterocycles. The quantitative estimate of drug-likeness (QED) is 0.608. The maximum absolute atomic E-state index is 9.72. The molecule has 0 rings (SSSR count). The van der Waals surface area contributed by atoms with Crippen LogP contribution in [-0.4, -0.2) is 19.6 Å². The largest absolute Gasteiger partial charge is 0.397 e.